The zero-order valence-corrected chi connectivity index (χ0v) is 15.0. The molecule has 0 spiro atoms. The maximum Gasteiger partial charge on any atom is 0.471 e. The number of thioether (sulfide) groups is 1. The molecule has 8 heteroatoms. The van der Waals surface area contributed by atoms with Crippen molar-refractivity contribution in [3.63, 3.8) is 0 Å². The lowest BCUT2D eigenvalue weighted by Gasteiger charge is -2.25. The van der Waals surface area contributed by atoms with Gasteiger partial charge in [0.15, 0.2) is 0 Å². The Balaban J connectivity index is 1.93. The van der Waals surface area contributed by atoms with Crippen LogP contribution in [-0.2, 0) is 9.59 Å². The molecule has 1 aromatic carbocycles. The van der Waals surface area contributed by atoms with Crippen molar-refractivity contribution in [2.45, 2.75) is 36.6 Å². The van der Waals surface area contributed by atoms with Crippen molar-refractivity contribution in [2.24, 2.45) is 0 Å². The maximum absolute atomic E-state index is 12.6. The average Bonchev–Trinajstić information content (AvgIpc) is 2.80. The number of carbonyl (C=O) groups is 2. The first-order valence-corrected chi connectivity index (χ1v) is 8.94. The third-order valence-electron chi connectivity index (χ3n) is 4.02. The van der Waals surface area contributed by atoms with Crippen molar-refractivity contribution >= 4 is 23.6 Å². The Labute approximate surface area is 149 Å². The Bertz CT molecular complexity index is 619. The third kappa shape index (κ3) is 5.39. The summed E-state index contributed by atoms with van der Waals surface area (Å²) in [6.07, 6.45) is -4.52. The zero-order chi connectivity index (χ0) is 18.6. The van der Waals surface area contributed by atoms with Gasteiger partial charge >= 0.3 is 12.1 Å². The van der Waals surface area contributed by atoms with E-state index in [0.29, 0.717) is 13.0 Å². The number of aryl methyl sites for hydroxylation is 1. The number of benzene rings is 1. The van der Waals surface area contributed by atoms with Gasteiger partial charge in [-0.25, -0.2) is 0 Å². The van der Waals surface area contributed by atoms with Crippen LogP contribution in [0.15, 0.2) is 29.2 Å². The Kier molecular flexibility index (Phi) is 6.37. The van der Waals surface area contributed by atoms with Crippen molar-refractivity contribution in [3.05, 3.63) is 29.8 Å². The maximum atomic E-state index is 12.6. The minimum atomic E-state index is -4.87. The first-order valence-electron chi connectivity index (χ1n) is 8.06. The van der Waals surface area contributed by atoms with Crippen LogP contribution in [0.3, 0.4) is 0 Å². The van der Waals surface area contributed by atoms with Gasteiger partial charge in [0.25, 0.3) is 0 Å². The second-order valence-corrected chi connectivity index (χ2v) is 7.46. The molecule has 2 rings (SSSR count). The van der Waals surface area contributed by atoms with Crippen molar-refractivity contribution in [3.8, 4) is 0 Å². The Morgan fingerprint density at radius 1 is 1.04 bits per heavy atom. The second-order valence-electron chi connectivity index (χ2n) is 6.04. The molecule has 138 valence electrons. The Hall–Kier alpha value is -1.70. The molecule has 1 aliphatic rings. The van der Waals surface area contributed by atoms with Crippen LogP contribution in [0.2, 0.25) is 0 Å². The molecule has 0 N–H and O–H groups in total. The lowest BCUT2D eigenvalue weighted by molar-refractivity contribution is -0.185. The summed E-state index contributed by atoms with van der Waals surface area (Å²) in [6, 6.07) is 7.81. The third-order valence-corrected chi connectivity index (χ3v) is 5.12. The van der Waals surface area contributed by atoms with Gasteiger partial charge in [0.05, 0.1) is 5.25 Å². The van der Waals surface area contributed by atoms with E-state index in [1.807, 2.05) is 31.2 Å². The highest BCUT2D eigenvalue weighted by Crippen LogP contribution is 2.25. The Morgan fingerprint density at radius 3 is 2.20 bits per heavy atom. The van der Waals surface area contributed by atoms with E-state index in [-0.39, 0.29) is 30.8 Å². The molecular weight excluding hydrogens is 353 g/mol. The van der Waals surface area contributed by atoms with E-state index in [9.17, 15) is 22.8 Å². The van der Waals surface area contributed by atoms with Crippen molar-refractivity contribution in [2.75, 3.05) is 26.2 Å². The van der Waals surface area contributed by atoms with Crippen molar-refractivity contribution < 1.29 is 22.8 Å². The molecule has 0 aliphatic carbocycles. The summed E-state index contributed by atoms with van der Waals surface area (Å²) in [6.45, 7) is 4.18. The van der Waals surface area contributed by atoms with Crippen molar-refractivity contribution in [1.82, 2.24) is 9.80 Å². The first kappa shape index (κ1) is 19.6. The number of rotatable bonds is 3. The summed E-state index contributed by atoms with van der Waals surface area (Å²) >= 11 is 1.42. The first-order chi connectivity index (χ1) is 11.7. The molecule has 1 atom stereocenters. The molecule has 1 unspecified atom stereocenters. The summed E-state index contributed by atoms with van der Waals surface area (Å²) < 4.78 is 37.6. The van der Waals surface area contributed by atoms with Crippen LogP contribution >= 0.6 is 11.8 Å². The van der Waals surface area contributed by atoms with Crippen LogP contribution in [-0.4, -0.2) is 59.2 Å². The molecule has 25 heavy (non-hydrogen) atoms. The number of hydrogen-bond acceptors (Lipinski definition) is 3. The molecule has 0 aromatic heterocycles. The molecule has 1 fully saturated rings. The average molecular weight is 374 g/mol. The molecule has 1 aliphatic heterocycles. The van der Waals surface area contributed by atoms with Crippen LogP contribution in [0.5, 0.6) is 0 Å². The molecule has 1 aromatic rings. The highest BCUT2D eigenvalue weighted by molar-refractivity contribution is 8.00. The van der Waals surface area contributed by atoms with Gasteiger partial charge in [-0.15, -0.1) is 11.8 Å². The number of alkyl halides is 3. The fraction of sp³-hybridized carbons (Fsp3) is 0.529. The summed E-state index contributed by atoms with van der Waals surface area (Å²) in [5, 5.41) is -0.340. The van der Waals surface area contributed by atoms with Gasteiger partial charge in [-0.3, -0.25) is 9.59 Å². The van der Waals surface area contributed by atoms with Gasteiger partial charge in [-0.1, -0.05) is 17.7 Å². The standard InChI is InChI=1S/C17H21F3N2O2S/c1-12-4-6-14(7-5-12)25-13(2)15(23)21-8-3-9-22(11-10-21)16(24)17(18,19)20/h4-7,13H,3,8-11H2,1-2H3. The number of hydrogen-bond donors (Lipinski definition) is 0. The lowest BCUT2D eigenvalue weighted by atomic mass is 10.2. The second kappa shape index (κ2) is 8.12. The van der Waals surface area contributed by atoms with E-state index < -0.39 is 12.1 Å². The fourth-order valence-corrected chi connectivity index (χ4v) is 3.60. The summed E-state index contributed by atoms with van der Waals surface area (Å²) in [7, 11) is 0. The molecule has 1 saturated heterocycles. The van der Waals surface area contributed by atoms with Gasteiger partial charge in [0.1, 0.15) is 0 Å². The largest absolute Gasteiger partial charge is 0.471 e. The smallest absolute Gasteiger partial charge is 0.340 e. The monoisotopic (exact) mass is 374 g/mol. The van der Waals surface area contributed by atoms with Crippen LogP contribution in [0.25, 0.3) is 0 Å². The number of carbonyl (C=O) groups excluding carboxylic acids is 2. The van der Waals surface area contributed by atoms with Crippen molar-refractivity contribution in [1.29, 1.82) is 0 Å². The number of halogens is 3. The topological polar surface area (TPSA) is 40.6 Å². The van der Waals surface area contributed by atoms with Gasteiger partial charge < -0.3 is 9.80 Å². The van der Waals surface area contributed by atoms with E-state index in [2.05, 4.69) is 0 Å². The van der Waals surface area contributed by atoms with Crippen LogP contribution < -0.4 is 0 Å². The molecular formula is C17H21F3N2O2S. The highest BCUT2D eigenvalue weighted by atomic mass is 32.2. The van der Waals surface area contributed by atoms with E-state index in [4.69, 9.17) is 0 Å². The van der Waals surface area contributed by atoms with E-state index >= 15 is 0 Å². The lowest BCUT2D eigenvalue weighted by Crippen LogP contribution is -2.44. The van der Waals surface area contributed by atoms with Gasteiger partial charge in [-0.05, 0) is 32.4 Å². The van der Waals surface area contributed by atoms with E-state index in [0.717, 1.165) is 15.4 Å². The quantitative estimate of drug-likeness (QED) is 0.764. The molecule has 1 heterocycles. The van der Waals surface area contributed by atoms with Crippen LogP contribution in [0, 0.1) is 6.92 Å². The molecule has 0 saturated carbocycles. The predicted molar refractivity (Wildman–Crippen MR) is 90.3 cm³/mol. The van der Waals surface area contributed by atoms with E-state index in [1.165, 1.54) is 11.8 Å². The Morgan fingerprint density at radius 2 is 1.60 bits per heavy atom. The van der Waals surface area contributed by atoms with E-state index in [1.54, 1.807) is 11.8 Å². The molecule has 2 amide bonds. The molecule has 0 radical (unpaired) electrons. The number of nitrogens with zero attached hydrogens (tertiary/aromatic N) is 2. The van der Waals surface area contributed by atoms with Gasteiger partial charge in [0.2, 0.25) is 5.91 Å². The highest BCUT2D eigenvalue weighted by Gasteiger charge is 2.42. The molecule has 4 nitrogen and oxygen atoms in total. The SMILES string of the molecule is Cc1ccc(SC(C)C(=O)N2CCCN(C(=O)C(F)(F)F)CC2)cc1. The zero-order valence-electron chi connectivity index (χ0n) is 14.2. The minimum Gasteiger partial charge on any atom is -0.340 e. The van der Waals surface area contributed by atoms with Gasteiger partial charge in [0, 0.05) is 31.1 Å². The fourth-order valence-electron chi connectivity index (χ4n) is 2.65. The summed E-state index contributed by atoms with van der Waals surface area (Å²) in [5.74, 6) is -1.95. The predicted octanol–water partition coefficient (Wildman–Crippen LogP) is 3.10. The normalized spacial score (nSPS) is 17.2. The molecule has 0 bridgehead atoms. The van der Waals surface area contributed by atoms with Crippen LogP contribution in [0.1, 0.15) is 18.9 Å². The summed E-state index contributed by atoms with van der Waals surface area (Å²) in [5.41, 5.74) is 1.13. The van der Waals surface area contributed by atoms with Crippen LogP contribution in [0.4, 0.5) is 13.2 Å². The van der Waals surface area contributed by atoms with Gasteiger partial charge in [-0.2, -0.15) is 13.2 Å². The summed E-state index contributed by atoms with van der Waals surface area (Å²) in [4.78, 5) is 27.2. The minimum absolute atomic E-state index is 0.0155. The number of amides is 2.